The topological polar surface area (TPSA) is 34.0 Å². The van der Waals surface area contributed by atoms with Gasteiger partial charge >= 0.3 is 0 Å². The van der Waals surface area contributed by atoms with Gasteiger partial charge in [0.05, 0.1) is 11.3 Å². The molecule has 0 atom stereocenters. The largest absolute Gasteiger partial charge is 0.319 e. The first-order valence-electron chi connectivity index (χ1n) is 7.28. The highest BCUT2D eigenvalue weighted by molar-refractivity contribution is 7.15. The quantitative estimate of drug-likeness (QED) is 0.732. The Kier molecular flexibility index (Phi) is 4.05. The number of nitrogens with one attached hydrogen (secondary N) is 1. The average molecular weight is 328 g/mol. The summed E-state index contributed by atoms with van der Waals surface area (Å²) in [5.74, 6) is -0.719. The summed E-state index contributed by atoms with van der Waals surface area (Å²) >= 11 is 1.55. The van der Waals surface area contributed by atoms with Crippen molar-refractivity contribution in [2.45, 2.75) is 20.8 Å². The molecule has 5 heteroatoms. The van der Waals surface area contributed by atoms with Gasteiger partial charge in [0.2, 0.25) is 0 Å². The van der Waals surface area contributed by atoms with Gasteiger partial charge in [-0.1, -0.05) is 6.07 Å². The maximum atomic E-state index is 14.0. The Labute approximate surface area is 138 Å². The Morgan fingerprint density at radius 3 is 2.52 bits per heavy atom. The summed E-state index contributed by atoms with van der Waals surface area (Å²) < 4.78 is 15.9. The van der Waals surface area contributed by atoms with Crippen LogP contribution in [0.15, 0.2) is 42.7 Å². The van der Waals surface area contributed by atoms with Crippen molar-refractivity contribution in [1.29, 1.82) is 0 Å². The highest BCUT2D eigenvalue weighted by Crippen LogP contribution is 2.31. The zero-order chi connectivity index (χ0) is 16.6. The number of hydrogen-bond acceptors (Lipinski definition) is 2. The van der Waals surface area contributed by atoms with E-state index in [2.05, 4.69) is 5.32 Å². The van der Waals surface area contributed by atoms with Crippen LogP contribution in [-0.4, -0.2) is 10.5 Å². The van der Waals surface area contributed by atoms with Crippen molar-refractivity contribution in [2.75, 3.05) is 5.32 Å². The van der Waals surface area contributed by atoms with E-state index in [1.807, 2.05) is 49.9 Å². The standard InChI is InChI=1S/C18H17FN2OS/c1-11-6-7-15(14(19)10-11)20-17(22)16-12(2)13(3)23-18(16)21-8-4-5-9-21/h4-10H,1-3H3,(H,20,22). The summed E-state index contributed by atoms with van der Waals surface area (Å²) in [5.41, 5.74) is 2.52. The molecule has 0 spiro atoms. The van der Waals surface area contributed by atoms with E-state index in [4.69, 9.17) is 0 Å². The van der Waals surface area contributed by atoms with Gasteiger partial charge in [0.1, 0.15) is 10.8 Å². The molecular formula is C18H17FN2OS. The fourth-order valence-electron chi connectivity index (χ4n) is 2.43. The minimum absolute atomic E-state index is 0.197. The van der Waals surface area contributed by atoms with Crippen LogP contribution < -0.4 is 5.32 Å². The van der Waals surface area contributed by atoms with Gasteiger partial charge in [0.25, 0.3) is 5.91 Å². The highest BCUT2D eigenvalue weighted by atomic mass is 32.1. The molecule has 0 bridgehead atoms. The maximum Gasteiger partial charge on any atom is 0.259 e. The van der Waals surface area contributed by atoms with Crippen molar-refractivity contribution in [2.24, 2.45) is 0 Å². The summed E-state index contributed by atoms with van der Waals surface area (Å²) in [7, 11) is 0. The number of hydrogen-bond donors (Lipinski definition) is 1. The third-order valence-corrected chi connectivity index (χ3v) is 5.03. The van der Waals surface area contributed by atoms with Crippen LogP contribution in [0.4, 0.5) is 10.1 Å². The van der Waals surface area contributed by atoms with Gasteiger partial charge in [-0.3, -0.25) is 4.79 Å². The van der Waals surface area contributed by atoms with Crippen molar-refractivity contribution in [3.63, 3.8) is 0 Å². The number of thiophene rings is 1. The molecule has 0 aliphatic heterocycles. The molecule has 1 amide bonds. The summed E-state index contributed by atoms with van der Waals surface area (Å²) in [4.78, 5) is 13.8. The molecule has 3 aromatic rings. The smallest absolute Gasteiger partial charge is 0.259 e. The molecule has 0 unspecified atom stereocenters. The molecule has 1 aromatic carbocycles. The van der Waals surface area contributed by atoms with Gasteiger partial charge in [0, 0.05) is 17.3 Å². The molecule has 23 heavy (non-hydrogen) atoms. The van der Waals surface area contributed by atoms with Crippen LogP contribution in [0.3, 0.4) is 0 Å². The van der Waals surface area contributed by atoms with Gasteiger partial charge < -0.3 is 9.88 Å². The van der Waals surface area contributed by atoms with Crippen LogP contribution in [0.25, 0.3) is 5.00 Å². The number of aromatic nitrogens is 1. The number of rotatable bonds is 3. The molecule has 0 aliphatic rings. The SMILES string of the molecule is Cc1ccc(NC(=O)c2c(-n3cccc3)sc(C)c2C)c(F)c1. The molecule has 0 fully saturated rings. The van der Waals surface area contributed by atoms with Gasteiger partial charge in [-0.2, -0.15) is 0 Å². The molecule has 0 radical (unpaired) electrons. The summed E-state index contributed by atoms with van der Waals surface area (Å²) in [5, 5.41) is 3.53. The number of aryl methyl sites for hydroxylation is 2. The molecule has 0 aliphatic carbocycles. The monoisotopic (exact) mass is 328 g/mol. The Bertz CT molecular complexity index is 866. The third kappa shape index (κ3) is 2.92. The normalized spacial score (nSPS) is 10.8. The van der Waals surface area contributed by atoms with Crippen molar-refractivity contribution in [3.05, 3.63) is 70.1 Å². The van der Waals surface area contributed by atoms with E-state index in [-0.39, 0.29) is 11.6 Å². The first-order chi connectivity index (χ1) is 11.0. The number of amides is 1. The molecule has 1 N–H and O–H groups in total. The van der Waals surface area contributed by atoms with Crippen LogP contribution in [0.5, 0.6) is 0 Å². The number of nitrogens with zero attached hydrogens (tertiary/aromatic N) is 1. The lowest BCUT2D eigenvalue weighted by molar-refractivity contribution is 0.102. The molecular weight excluding hydrogens is 311 g/mol. The van der Waals surface area contributed by atoms with E-state index in [9.17, 15) is 9.18 Å². The first-order valence-corrected chi connectivity index (χ1v) is 8.10. The third-order valence-electron chi connectivity index (χ3n) is 3.81. The minimum Gasteiger partial charge on any atom is -0.319 e. The Balaban J connectivity index is 1.99. The van der Waals surface area contributed by atoms with Crippen molar-refractivity contribution < 1.29 is 9.18 Å². The molecule has 0 saturated heterocycles. The lowest BCUT2D eigenvalue weighted by atomic mass is 10.1. The van der Waals surface area contributed by atoms with Crippen LogP contribution in [0.1, 0.15) is 26.4 Å². The minimum atomic E-state index is -0.425. The van der Waals surface area contributed by atoms with Crippen molar-refractivity contribution in [3.8, 4) is 5.00 Å². The number of anilines is 1. The highest BCUT2D eigenvalue weighted by Gasteiger charge is 2.21. The Morgan fingerprint density at radius 1 is 1.17 bits per heavy atom. The Hall–Kier alpha value is -2.40. The van der Waals surface area contributed by atoms with Gasteiger partial charge in [-0.05, 0) is 56.2 Å². The second-order valence-electron chi connectivity index (χ2n) is 5.49. The van der Waals surface area contributed by atoms with Gasteiger partial charge in [-0.25, -0.2) is 4.39 Å². The van der Waals surface area contributed by atoms with E-state index in [1.165, 1.54) is 6.07 Å². The fraction of sp³-hybridized carbons (Fsp3) is 0.167. The molecule has 2 aromatic heterocycles. The van der Waals surface area contributed by atoms with Crippen LogP contribution in [-0.2, 0) is 0 Å². The van der Waals surface area contributed by atoms with Gasteiger partial charge in [-0.15, -0.1) is 11.3 Å². The van der Waals surface area contributed by atoms with E-state index in [0.717, 1.165) is 21.0 Å². The molecule has 0 saturated carbocycles. The lowest BCUT2D eigenvalue weighted by Gasteiger charge is -2.09. The van der Waals surface area contributed by atoms with E-state index >= 15 is 0 Å². The molecule has 3 rings (SSSR count). The lowest BCUT2D eigenvalue weighted by Crippen LogP contribution is -2.15. The zero-order valence-electron chi connectivity index (χ0n) is 13.2. The average Bonchev–Trinajstić information content (AvgIpc) is 3.11. The van der Waals surface area contributed by atoms with Crippen molar-refractivity contribution in [1.82, 2.24) is 4.57 Å². The molecule has 118 valence electrons. The van der Waals surface area contributed by atoms with E-state index < -0.39 is 5.82 Å². The summed E-state index contributed by atoms with van der Waals surface area (Å²) in [6.07, 6.45) is 3.79. The predicted molar refractivity (Wildman–Crippen MR) is 92.2 cm³/mol. The van der Waals surface area contributed by atoms with Crippen LogP contribution in [0, 0.1) is 26.6 Å². The number of benzene rings is 1. The second kappa shape index (κ2) is 6.01. The van der Waals surface area contributed by atoms with Crippen LogP contribution in [0.2, 0.25) is 0 Å². The maximum absolute atomic E-state index is 14.0. The second-order valence-corrected chi connectivity index (χ2v) is 6.69. The summed E-state index contributed by atoms with van der Waals surface area (Å²) in [6, 6.07) is 8.59. The molecule has 2 heterocycles. The Morgan fingerprint density at radius 2 is 1.87 bits per heavy atom. The van der Waals surface area contributed by atoms with Crippen molar-refractivity contribution >= 4 is 22.9 Å². The first kappa shape index (κ1) is 15.5. The zero-order valence-corrected chi connectivity index (χ0v) is 14.0. The predicted octanol–water partition coefficient (Wildman–Crippen LogP) is 4.86. The van der Waals surface area contributed by atoms with E-state index in [0.29, 0.717) is 5.56 Å². The summed E-state index contributed by atoms with van der Waals surface area (Å²) in [6.45, 7) is 5.71. The number of carbonyl (C=O) groups is 1. The number of halogens is 1. The van der Waals surface area contributed by atoms with Crippen LogP contribution >= 0.6 is 11.3 Å². The molecule has 3 nitrogen and oxygen atoms in total. The number of carbonyl (C=O) groups excluding carboxylic acids is 1. The van der Waals surface area contributed by atoms with E-state index in [1.54, 1.807) is 23.5 Å². The fourth-order valence-corrected chi connectivity index (χ4v) is 3.55. The van der Waals surface area contributed by atoms with Gasteiger partial charge in [0.15, 0.2) is 0 Å².